The quantitative estimate of drug-likeness (QED) is 0.187. The number of carbonyl (C=O) groups is 1. The highest BCUT2D eigenvalue weighted by molar-refractivity contribution is 6.16. The fraction of sp³-hybridized carbons (Fsp3) is 0.400. The van der Waals surface area contributed by atoms with Gasteiger partial charge in [0.1, 0.15) is 19.0 Å². The van der Waals surface area contributed by atoms with Crippen molar-refractivity contribution in [2.24, 2.45) is 0 Å². The molecule has 0 saturated heterocycles. The fourth-order valence-corrected chi connectivity index (χ4v) is 4.63. The second-order valence-electron chi connectivity index (χ2n) is 8.92. The van der Waals surface area contributed by atoms with E-state index in [1.807, 2.05) is 42.5 Å². The predicted molar refractivity (Wildman–Crippen MR) is 148 cm³/mol. The van der Waals surface area contributed by atoms with Crippen molar-refractivity contribution < 1.29 is 14.3 Å². The van der Waals surface area contributed by atoms with Gasteiger partial charge < -0.3 is 19.3 Å². The van der Waals surface area contributed by atoms with Crippen LogP contribution in [0.5, 0.6) is 5.75 Å². The highest BCUT2D eigenvalue weighted by atomic mass is 16.5. The monoisotopic (exact) mass is 487 g/mol. The third kappa shape index (κ3) is 5.77. The maximum absolute atomic E-state index is 13.5. The molecule has 0 atom stereocenters. The third-order valence-electron chi connectivity index (χ3n) is 6.92. The first-order chi connectivity index (χ1) is 17.6. The van der Waals surface area contributed by atoms with E-state index in [-0.39, 0.29) is 5.97 Å². The molecule has 0 radical (unpaired) electrons. The van der Waals surface area contributed by atoms with Gasteiger partial charge in [-0.1, -0.05) is 52.0 Å². The Bertz CT molecular complexity index is 1330. The van der Waals surface area contributed by atoms with Gasteiger partial charge in [-0.25, -0.2) is 9.78 Å². The number of likely N-dealkylation sites (N-methyl/N-ethyl adjacent to an activating group) is 2. The lowest BCUT2D eigenvalue weighted by Gasteiger charge is -2.19. The lowest BCUT2D eigenvalue weighted by molar-refractivity contribution is 0.0471. The summed E-state index contributed by atoms with van der Waals surface area (Å²) in [6.45, 7) is 14.9. The number of rotatable bonds is 12. The Morgan fingerprint density at radius 1 is 0.750 bits per heavy atom. The van der Waals surface area contributed by atoms with Crippen LogP contribution >= 0.6 is 0 Å². The minimum absolute atomic E-state index is 0.315. The first-order valence-corrected chi connectivity index (χ1v) is 13.1. The van der Waals surface area contributed by atoms with E-state index < -0.39 is 0 Å². The van der Waals surface area contributed by atoms with Crippen LogP contribution in [0.3, 0.4) is 0 Å². The van der Waals surface area contributed by atoms with Crippen LogP contribution in [0.2, 0.25) is 0 Å². The molecule has 6 nitrogen and oxygen atoms in total. The maximum atomic E-state index is 13.5. The van der Waals surface area contributed by atoms with Crippen LogP contribution < -0.4 is 4.74 Å². The van der Waals surface area contributed by atoms with E-state index in [4.69, 9.17) is 14.5 Å². The van der Waals surface area contributed by atoms with E-state index in [1.54, 1.807) is 0 Å². The first-order valence-electron chi connectivity index (χ1n) is 13.1. The number of hydrogen-bond acceptors (Lipinski definition) is 6. The molecule has 4 aromatic rings. The van der Waals surface area contributed by atoms with Gasteiger partial charge in [-0.15, -0.1) is 0 Å². The molecule has 4 rings (SSSR count). The Morgan fingerprint density at radius 2 is 1.36 bits per heavy atom. The molecule has 0 aliphatic heterocycles. The molecule has 0 fully saturated rings. The average molecular weight is 488 g/mol. The number of ether oxygens (including phenoxy) is 2. The lowest BCUT2D eigenvalue weighted by atomic mass is 9.99. The van der Waals surface area contributed by atoms with E-state index in [0.29, 0.717) is 25.3 Å². The van der Waals surface area contributed by atoms with Crippen LogP contribution in [0, 0.1) is 0 Å². The van der Waals surface area contributed by atoms with E-state index >= 15 is 0 Å². The molecule has 1 heterocycles. The number of esters is 1. The molecule has 0 aliphatic carbocycles. The molecule has 190 valence electrons. The van der Waals surface area contributed by atoms with Crippen molar-refractivity contribution in [3.63, 3.8) is 0 Å². The number of pyridine rings is 1. The SMILES string of the molecule is CCN(CC)CCOC(=O)c1c2ccc(OCCN(CC)CC)cc2nc2cc3ccccc3cc12. The van der Waals surface area contributed by atoms with Crippen molar-refractivity contribution in [3.8, 4) is 5.75 Å². The average Bonchev–Trinajstić information content (AvgIpc) is 2.90. The molecule has 0 bridgehead atoms. The number of benzene rings is 3. The van der Waals surface area contributed by atoms with Gasteiger partial charge >= 0.3 is 5.97 Å². The summed E-state index contributed by atoms with van der Waals surface area (Å²) in [6.07, 6.45) is 0. The molecular weight excluding hydrogens is 450 g/mol. The summed E-state index contributed by atoms with van der Waals surface area (Å²) in [5, 5.41) is 3.75. The van der Waals surface area contributed by atoms with Crippen LogP contribution in [-0.2, 0) is 4.74 Å². The normalized spacial score (nSPS) is 11.7. The van der Waals surface area contributed by atoms with Gasteiger partial charge in [-0.2, -0.15) is 0 Å². The van der Waals surface area contributed by atoms with Crippen molar-refractivity contribution in [3.05, 3.63) is 60.2 Å². The largest absolute Gasteiger partial charge is 0.492 e. The van der Waals surface area contributed by atoms with Crippen LogP contribution in [0.25, 0.3) is 32.6 Å². The predicted octanol–water partition coefficient (Wildman–Crippen LogP) is 5.76. The maximum Gasteiger partial charge on any atom is 0.339 e. The third-order valence-corrected chi connectivity index (χ3v) is 6.92. The molecule has 0 amide bonds. The van der Waals surface area contributed by atoms with Gasteiger partial charge in [0, 0.05) is 29.9 Å². The molecule has 36 heavy (non-hydrogen) atoms. The fourth-order valence-electron chi connectivity index (χ4n) is 4.63. The van der Waals surface area contributed by atoms with Gasteiger partial charge in [0.05, 0.1) is 16.6 Å². The molecule has 0 spiro atoms. The van der Waals surface area contributed by atoms with E-state index in [1.165, 1.54) is 0 Å². The molecule has 1 aromatic heterocycles. The Labute approximate surface area is 213 Å². The van der Waals surface area contributed by atoms with Gasteiger partial charge in [-0.3, -0.25) is 0 Å². The lowest BCUT2D eigenvalue weighted by Crippen LogP contribution is -2.28. The number of hydrogen-bond donors (Lipinski definition) is 0. The van der Waals surface area contributed by atoms with Crippen LogP contribution in [-0.4, -0.2) is 73.2 Å². The first kappa shape index (κ1) is 25.9. The molecule has 0 saturated carbocycles. The van der Waals surface area contributed by atoms with Gasteiger partial charge in [0.2, 0.25) is 0 Å². The van der Waals surface area contributed by atoms with Crippen molar-refractivity contribution in [1.82, 2.24) is 14.8 Å². The standard InChI is InChI=1S/C30H37N3O3/c1-5-32(6-2)15-17-35-24-13-14-25-28(21-24)31-27-20-23-12-10-9-11-22(23)19-26(27)29(25)30(34)36-18-16-33(7-3)8-4/h9-14,19-21H,5-8,15-18H2,1-4H3. The molecule has 0 unspecified atom stereocenters. The zero-order chi connectivity index (χ0) is 25.5. The molecule has 3 aromatic carbocycles. The minimum Gasteiger partial charge on any atom is -0.492 e. The highest BCUT2D eigenvalue weighted by Crippen LogP contribution is 2.32. The van der Waals surface area contributed by atoms with E-state index in [0.717, 1.165) is 71.1 Å². The zero-order valence-corrected chi connectivity index (χ0v) is 21.9. The van der Waals surface area contributed by atoms with Crippen LogP contribution in [0.1, 0.15) is 38.1 Å². The molecule has 0 aliphatic rings. The van der Waals surface area contributed by atoms with Crippen LogP contribution in [0.15, 0.2) is 54.6 Å². The Morgan fingerprint density at radius 3 is 2.03 bits per heavy atom. The number of nitrogens with zero attached hydrogens (tertiary/aromatic N) is 3. The second-order valence-corrected chi connectivity index (χ2v) is 8.92. The Balaban J connectivity index is 1.71. The Kier molecular flexibility index (Phi) is 8.73. The number of fused-ring (bicyclic) bond motifs is 3. The van der Waals surface area contributed by atoms with Crippen molar-refractivity contribution in [2.45, 2.75) is 27.7 Å². The summed E-state index contributed by atoms with van der Waals surface area (Å²) in [5.74, 6) is 0.438. The summed E-state index contributed by atoms with van der Waals surface area (Å²) < 4.78 is 11.8. The summed E-state index contributed by atoms with van der Waals surface area (Å²) in [5.41, 5.74) is 2.07. The number of carbonyl (C=O) groups excluding carboxylic acids is 1. The second kappa shape index (κ2) is 12.2. The van der Waals surface area contributed by atoms with Crippen molar-refractivity contribution >= 4 is 38.5 Å². The summed E-state index contributed by atoms with van der Waals surface area (Å²) >= 11 is 0. The molecule has 6 heteroatoms. The van der Waals surface area contributed by atoms with Gasteiger partial charge in [0.25, 0.3) is 0 Å². The topological polar surface area (TPSA) is 54.9 Å². The minimum atomic E-state index is -0.315. The van der Waals surface area contributed by atoms with E-state index in [2.05, 4.69) is 49.6 Å². The Hall–Kier alpha value is -3.22. The number of aromatic nitrogens is 1. The molecular formula is C30H37N3O3. The smallest absolute Gasteiger partial charge is 0.339 e. The van der Waals surface area contributed by atoms with Crippen LogP contribution in [0.4, 0.5) is 0 Å². The zero-order valence-electron chi connectivity index (χ0n) is 21.9. The summed E-state index contributed by atoms with van der Waals surface area (Å²) in [4.78, 5) is 23.0. The van der Waals surface area contributed by atoms with Gasteiger partial charge in [0.15, 0.2) is 0 Å². The highest BCUT2D eigenvalue weighted by Gasteiger charge is 2.19. The van der Waals surface area contributed by atoms with Crippen molar-refractivity contribution in [1.29, 1.82) is 0 Å². The van der Waals surface area contributed by atoms with Gasteiger partial charge in [-0.05, 0) is 61.2 Å². The summed E-state index contributed by atoms with van der Waals surface area (Å²) in [6, 6.07) is 18.0. The van der Waals surface area contributed by atoms with Crippen molar-refractivity contribution in [2.75, 3.05) is 52.5 Å². The summed E-state index contributed by atoms with van der Waals surface area (Å²) in [7, 11) is 0. The molecule has 0 N–H and O–H groups in total. The van der Waals surface area contributed by atoms with E-state index in [9.17, 15) is 4.79 Å².